The van der Waals surface area contributed by atoms with Gasteiger partial charge in [0.15, 0.2) is 17.3 Å². The van der Waals surface area contributed by atoms with Gasteiger partial charge >= 0.3 is 0 Å². The molecule has 0 saturated carbocycles. The number of rotatable bonds is 6. The number of benzene rings is 2. The van der Waals surface area contributed by atoms with Crippen LogP contribution in [0.15, 0.2) is 30.3 Å². The molecule has 0 saturated heterocycles. The minimum atomic E-state index is -0.432. The zero-order valence-electron chi connectivity index (χ0n) is 13.4. The highest BCUT2D eigenvalue weighted by Crippen LogP contribution is 2.34. The van der Waals surface area contributed by atoms with Crippen molar-refractivity contribution in [3.8, 4) is 17.2 Å². The molecule has 0 aliphatic rings. The normalized spacial score (nSPS) is 10.8. The molecule has 0 radical (unpaired) electrons. The van der Waals surface area contributed by atoms with E-state index in [1.54, 1.807) is 33.5 Å². The smallest absolute Gasteiger partial charge is 0.168 e. The average Bonchev–Trinajstić information content (AvgIpc) is 2.55. The first-order valence-corrected chi connectivity index (χ1v) is 7.87. The monoisotopic (exact) mass is 336 g/mol. The maximum Gasteiger partial charge on any atom is 0.168 e. The molecule has 1 unspecified atom stereocenters. The standard InChI is InChI=1S/C17H18FO4P/c1-10(19)13-7-11(18)5-6-15(13)23-16-9-12(20-2)8-14(21-3)17(16)22-4/h5-9,23H,1-4H3. The van der Waals surface area contributed by atoms with E-state index in [2.05, 4.69) is 0 Å². The first kappa shape index (κ1) is 17.2. The van der Waals surface area contributed by atoms with Crippen molar-refractivity contribution in [2.24, 2.45) is 0 Å². The molecule has 0 spiro atoms. The lowest BCUT2D eigenvalue weighted by Crippen LogP contribution is -2.15. The zero-order chi connectivity index (χ0) is 17.0. The molecular formula is C17H18FO4P. The Hall–Kier alpha value is -2.13. The summed E-state index contributed by atoms with van der Waals surface area (Å²) in [4.78, 5) is 11.8. The Morgan fingerprint density at radius 2 is 1.74 bits per heavy atom. The number of hydrogen-bond acceptors (Lipinski definition) is 4. The van der Waals surface area contributed by atoms with E-state index >= 15 is 0 Å². The van der Waals surface area contributed by atoms with Crippen LogP contribution in [0.4, 0.5) is 4.39 Å². The second-order valence-electron chi connectivity index (χ2n) is 4.78. The van der Waals surface area contributed by atoms with Gasteiger partial charge in [-0.1, -0.05) is 14.6 Å². The summed E-state index contributed by atoms with van der Waals surface area (Å²) in [6.07, 6.45) is 0. The minimum absolute atomic E-state index is 0.0967. The van der Waals surface area contributed by atoms with E-state index in [1.165, 1.54) is 19.1 Å². The lowest BCUT2D eigenvalue weighted by Gasteiger charge is -2.15. The fourth-order valence-corrected chi connectivity index (χ4v) is 3.60. The van der Waals surface area contributed by atoms with Gasteiger partial charge in [-0.25, -0.2) is 4.39 Å². The van der Waals surface area contributed by atoms with Crippen LogP contribution >= 0.6 is 8.58 Å². The number of carbonyl (C=O) groups is 1. The van der Waals surface area contributed by atoms with E-state index in [4.69, 9.17) is 14.2 Å². The van der Waals surface area contributed by atoms with Gasteiger partial charge in [0, 0.05) is 16.9 Å². The zero-order valence-corrected chi connectivity index (χ0v) is 14.4. The van der Waals surface area contributed by atoms with Gasteiger partial charge in [-0.2, -0.15) is 0 Å². The van der Waals surface area contributed by atoms with Crippen molar-refractivity contribution >= 4 is 25.0 Å². The molecule has 122 valence electrons. The van der Waals surface area contributed by atoms with Crippen molar-refractivity contribution in [3.63, 3.8) is 0 Å². The van der Waals surface area contributed by atoms with Gasteiger partial charge in [-0.15, -0.1) is 0 Å². The predicted octanol–water partition coefficient (Wildman–Crippen LogP) is 2.68. The number of Topliss-reactive ketones (excluding diaryl/α,β-unsaturated/α-hetero) is 1. The Morgan fingerprint density at radius 1 is 1.00 bits per heavy atom. The van der Waals surface area contributed by atoms with Gasteiger partial charge in [0.05, 0.1) is 21.3 Å². The Balaban J connectivity index is 2.53. The highest BCUT2D eigenvalue weighted by molar-refractivity contribution is 7.56. The highest BCUT2D eigenvalue weighted by Gasteiger charge is 2.16. The molecule has 2 rings (SSSR count). The van der Waals surface area contributed by atoms with Crippen molar-refractivity contribution in [3.05, 3.63) is 41.7 Å². The third-order valence-corrected chi connectivity index (χ3v) is 4.66. The average molecular weight is 336 g/mol. The summed E-state index contributed by atoms with van der Waals surface area (Å²) in [5.74, 6) is 1.13. The van der Waals surface area contributed by atoms with Crippen molar-refractivity contribution in [1.82, 2.24) is 0 Å². The first-order valence-electron chi connectivity index (χ1n) is 6.87. The molecule has 0 fully saturated rings. The predicted molar refractivity (Wildman–Crippen MR) is 90.1 cm³/mol. The molecule has 0 heterocycles. The van der Waals surface area contributed by atoms with Gasteiger partial charge in [-0.3, -0.25) is 4.79 Å². The summed E-state index contributed by atoms with van der Waals surface area (Å²) in [7, 11) is 4.75. The van der Waals surface area contributed by atoms with Crippen LogP contribution in [0.5, 0.6) is 17.2 Å². The molecule has 2 aromatic carbocycles. The van der Waals surface area contributed by atoms with E-state index in [0.717, 1.165) is 10.6 Å². The Morgan fingerprint density at radius 3 is 2.30 bits per heavy atom. The van der Waals surface area contributed by atoms with E-state index in [9.17, 15) is 9.18 Å². The van der Waals surface area contributed by atoms with Crippen LogP contribution in [-0.2, 0) is 0 Å². The van der Waals surface area contributed by atoms with Crippen LogP contribution in [0.3, 0.4) is 0 Å². The SMILES string of the molecule is COc1cc(OC)c(OC)c(Pc2ccc(F)cc2C(C)=O)c1. The van der Waals surface area contributed by atoms with Crippen LogP contribution < -0.4 is 24.8 Å². The third kappa shape index (κ3) is 3.80. The summed E-state index contributed by atoms with van der Waals surface area (Å²) >= 11 is 0. The van der Waals surface area contributed by atoms with Crippen LogP contribution in [0.2, 0.25) is 0 Å². The summed E-state index contributed by atoms with van der Waals surface area (Å²) < 4.78 is 29.4. The van der Waals surface area contributed by atoms with Gasteiger partial charge in [0.2, 0.25) is 0 Å². The maximum atomic E-state index is 13.4. The van der Waals surface area contributed by atoms with Crippen LogP contribution in [0, 0.1) is 5.82 Å². The van der Waals surface area contributed by atoms with Gasteiger partial charge in [0.25, 0.3) is 0 Å². The lowest BCUT2D eigenvalue weighted by atomic mass is 10.1. The Labute approximate surface area is 136 Å². The molecule has 0 aromatic heterocycles. The molecule has 0 bridgehead atoms. The molecule has 23 heavy (non-hydrogen) atoms. The van der Waals surface area contributed by atoms with E-state index in [-0.39, 0.29) is 14.4 Å². The maximum absolute atomic E-state index is 13.4. The number of ketones is 1. The number of hydrogen-bond donors (Lipinski definition) is 0. The van der Waals surface area contributed by atoms with Gasteiger partial charge in [-0.05, 0) is 30.4 Å². The summed E-state index contributed by atoms with van der Waals surface area (Å²) in [5.41, 5.74) is 0.368. The molecule has 0 aliphatic heterocycles. The number of halogens is 1. The fraction of sp³-hybridized carbons (Fsp3) is 0.235. The molecule has 4 nitrogen and oxygen atoms in total. The molecule has 1 atom stereocenters. The largest absolute Gasteiger partial charge is 0.497 e. The molecule has 0 amide bonds. The van der Waals surface area contributed by atoms with Crippen molar-refractivity contribution < 1.29 is 23.4 Å². The fourth-order valence-electron chi connectivity index (χ4n) is 2.21. The van der Waals surface area contributed by atoms with Crippen LogP contribution in [0.1, 0.15) is 17.3 Å². The van der Waals surface area contributed by atoms with E-state index < -0.39 is 5.82 Å². The van der Waals surface area contributed by atoms with Crippen molar-refractivity contribution in [1.29, 1.82) is 0 Å². The number of methoxy groups -OCH3 is 3. The van der Waals surface area contributed by atoms with Crippen molar-refractivity contribution in [2.45, 2.75) is 6.92 Å². The second kappa shape index (κ2) is 7.42. The lowest BCUT2D eigenvalue weighted by molar-refractivity contribution is 0.101. The first-order chi connectivity index (χ1) is 11.0. The minimum Gasteiger partial charge on any atom is -0.497 e. The van der Waals surface area contributed by atoms with Crippen molar-refractivity contribution in [2.75, 3.05) is 21.3 Å². The molecular weight excluding hydrogens is 318 g/mol. The Kier molecular flexibility index (Phi) is 5.56. The number of ether oxygens (including phenoxy) is 3. The molecule has 6 heteroatoms. The van der Waals surface area contributed by atoms with Gasteiger partial charge < -0.3 is 14.2 Å². The second-order valence-corrected chi connectivity index (χ2v) is 6.11. The summed E-state index contributed by atoms with van der Waals surface area (Å²) in [6, 6.07) is 7.78. The van der Waals surface area contributed by atoms with Crippen LogP contribution in [0.25, 0.3) is 0 Å². The van der Waals surface area contributed by atoms with E-state index in [0.29, 0.717) is 22.8 Å². The molecule has 0 N–H and O–H groups in total. The third-order valence-electron chi connectivity index (χ3n) is 3.32. The van der Waals surface area contributed by atoms with Gasteiger partial charge in [0.1, 0.15) is 11.6 Å². The topological polar surface area (TPSA) is 44.8 Å². The summed E-state index contributed by atoms with van der Waals surface area (Å²) in [5, 5.41) is 1.56. The summed E-state index contributed by atoms with van der Waals surface area (Å²) in [6.45, 7) is 1.42. The van der Waals surface area contributed by atoms with E-state index in [1.807, 2.05) is 6.07 Å². The Bertz CT molecular complexity index is 731. The molecule has 2 aromatic rings. The highest BCUT2D eigenvalue weighted by atomic mass is 31.1. The molecule has 0 aliphatic carbocycles. The number of carbonyl (C=O) groups excluding carboxylic acids is 1. The quantitative estimate of drug-likeness (QED) is 0.601. The van der Waals surface area contributed by atoms with Crippen LogP contribution in [-0.4, -0.2) is 27.1 Å².